The second-order valence-corrected chi connectivity index (χ2v) is 5.16. The molecule has 0 spiro atoms. The molecule has 0 unspecified atom stereocenters. The molecule has 1 aliphatic heterocycles. The van der Waals surface area contributed by atoms with Crippen LogP contribution in [0.25, 0.3) is 0 Å². The van der Waals surface area contributed by atoms with Crippen molar-refractivity contribution in [1.82, 2.24) is 10.3 Å². The number of ether oxygens (including phenoxy) is 2. The predicted molar refractivity (Wildman–Crippen MR) is 74.8 cm³/mol. The van der Waals surface area contributed by atoms with Gasteiger partial charge in [0.25, 0.3) is 0 Å². The van der Waals surface area contributed by atoms with E-state index >= 15 is 0 Å². The van der Waals surface area contributed by atoms with E-state index in [1.54, 1.807) is 16.8 Å². The number of fused-ring (bicyclic) bond motifs is 1. The number of carbonyl (C=O) groups is 1. The number of hydrogen-bond acceptors (Lipinski definition) is 5. The van der Waals surface area contributed by atoms with Crippen LogP contribution in [0.5, 0.6) is 11.5 Å². The summed E-state index contributed by atoms with van der Waals surface area (Å²) in [5, 5.41) is 4.86. The van der Waals surface area contributed by atoms with Crippen LogP contribution in [0.15, 0.2) is 29.1 Å². The van der Waals surface area contributed by atoms with E-state index in [4.69, 9.17) is 9.47 Å². The van der Waals surface area contributed by atoms with Gasteiger partial charge in [-0.1, -0.05) is 6.07 Å². The summed E-state index contributed by atoms with van der Waals surface area (Å²) in [5.41, 5.74) is 3.74. The summed E-state index contributed by atoms with van der Waals surface area (Å²) in [6, 6.07) is 5.68. The van der Waals surface area contributed by atoms with E-state index in [1.807, 2.05) is 23.6 Å². The summed E-state index contributed by atoms with van der Waals surface area (Å²) in [4.78, 5) is 15.9. The molecular weight excluding hydrogens is 276 g/mol. The van der Waals surface area contributed by atoms with Crippen LogP contribution in [0, 0.1) is 0 Å². The van der Waals surface area contributed by atoms with Crippen LogP contribution < -0.4 is 14.8 Å². The lowest BCUT2D eigenvalue weighted by atomic mass is 10.2. The van der Waals surface area contributed by atoms with Gasteiger partial charge in [0.1, 0.15) is 0 Å². The van der Waals surface area contributed by atoms with Gasteiger partial charge in [0, 0.05) is 18.3 Å². The summed E-state index contributed by atoms with van der Waals surface area (Å²) < 4.78 is 10.5. The Hall–Kier alpha value is -2.08. The first-order valence-corrected chi connectivity index (χ1v) is 7.28. The Bertz CT molecular complexity index is 598. The molecule has 6 heteroatoms. The predicted octanol–water partition coefficient (Wildman–Crippen LogP) is 2.12. The largest absolute Gasteiger partial charge is 0.454 e. The van der Waals surface area contributed by atoms with Crippen molar-refractivity contribution in [2.45, 2.75) is 19.4 Å². The van der Waals surface area contributed by atoms with Gasteiger partial charge in [-0.15, -0.1) is 11.3 Å². The lowest BCUT2D eigenvalue weighted by Crippen LogP contribution is -2.23. The van der Waals surface area contributed by atoms with Gasteiger partial charge in [-0.2, -0.15) is 0 Å². The van der Waals surface area contributed by atoms with E-state index in [1.165, 1.54) is 0 Å². The summed E-state index contributed by atoms with van der Waals surface area (Å²) >= 11 is 1.54. The molecule has 0 radical (unpaired) electrons. The molecule has 20 heavy (non-hydrogen) atoms. The highest BCUT2D eigenvalue weighted by Gasteiger charge is 2.13. The maximum atomic E-state index is 11.8. The molecule has 104 valence electrons. The first kappa shape index (κ1) is 12.9. The Morgan fingerprint density at radius 2 is 2.25 bits per heavy atom. The van der Waals surface area contributed by atoms with Gasteiger partial charge >= 0.3 is 0 Å². The standard InChI is InChI=1S/C14H14N2O3S/c17-14(4-2-11-7-20-8-16-11)15-6-10-1-3-12-13(5-10)19-9-18-12/h1,3,5,7-8H,2,4,6,9H2,(H,15,17). The molecule has 1 aliphatic rings. The number of amides is 1. The number of aromatic nitrogens is 1. The molecular formula is C14H14N2O3S. The van der Waals surface area contributed by atoms with Crippen molar-refractivity contribution in [1.29, 1.82) is 0 Å². The molecule has 2 heterocycles. The van der Waals surface area contributed by atoms with E-state index in [9.17, 15) is 4.79 Å². The van der Waals surface area contributed by atoms with Crippen molar-refractivity contribution in [2.75, 3.05) is 6.79 Å². The van der Waals surface area contributed by atoms with Gasteiger partial charge in [-0.3, -0.25) is 4.79 Å². The van der Waals surface area contributed by atoms with Gasteiger partial charge in [0.2, 0.25) is 12.7 Å². The van der Waals surface area contributed by atoms with Crippen molar-refractivity contribution in [2.24, 2.45) is 0 Å². The molecule has 0 aliphatic carbocycles. The van der Waals surface area contributed by atoms with Crippen LogP contribution >= 0.6 is 11.3 Å². The molecule has 1 amide bonds. The average Bonchev–Trinajstić information content (AvgIpc) is 3.13. The van der Waals surface area contributed by atoms with Gasteiger partial charge in [0.05, 0.1) is 11.2 Å². The Morgan fingerprint density at radius 3 is 3.10 bits per heavy atom. The zero-order valence-electron chi connectivity index (χ0n) is 10.8. The number of aryl methyl sites for hydroxylation is 1. The maximum Gasteiger partial charge on any atom is 0.231 e. The Morgan fingerprint density at radius 1 is 1.35 bits per heavy atom. The fourth-order valence-corrected chi connectivity index (χ4v) is 2.54. The van der Waals surface area contributed by atoms with Crippen molar-refractivity contribution in [3.8, 4) is 11.5 Å². The minimum Gasteiger partial charge on any atom is -0.454 e. The van der Waals surface area contributed by atoms with Gasteiger partial charge in [-0.25, -0.2) is 4.98 Å². The lowest BCUT2D eigenvalue weighted by molar-refractivity contribution is -0.121. The van der Waals surface area contributed by atoms with Crippen LogP contribution in [0.2, 0.25) is 0 Å². The molecule has 1 N–H and O–H groups in total. The Kier molecular flexibility index (Phi) is 3.83. The molecule has 0 atom stereocenters. The normalized spacial score (nSPS) is 12.4. The number of rotatable bonds is 5. The number of carbonyl (C=O) groups excluding carboxylic acids is 1. The van der Waals surface area contributed by atoms with E-state index < -0.39 is 0 Å². The van der Waals surface area contributed by atoms with Crippen LogP contribution in [0.3, 0.4) is 0 Å². The minimum absolute atomic E-state index is 0.0238. The number of thiazole rings is 1. The SMILES string of the molecule is O=C(CCc1cscn1)NCc1ccc2c(c1)OCO2. The second kappa shape index (κ2) is 5.92. The van der Waals surface area contributed by atoms with Crippen LogP contribution in [-0.2, 0) is 17.8 Å². The zero-order chi connectivity index (χ0) is 13.8. The van der Waals surface area contributed by atoms with Crippen molar-refractivity contribution >= 4 is 17.2 Å². The molecule has 2 aromatic rings. The molecule has 1 aromatic carbocycles. The highest BCUT2D eigenvalue weighted by Crippen LogP contribution is 2.32. The first-order valence-electron chi connectivity index (χ1n) is 6.33. The zero-order valence-corrected chi connectivity index (χ0v) is 11.6. The molecule has 0 fully saturated rings. The highest BCUT2D eigenvalue weighted by atomic mass is 32.1. The van der Waals surface area contributed by atoms with E-state index in [2.05, 4.69) is 10.3 Å². The smallest absolute Gasteiger partial charge is 0.231 e. The Balaban J connectivity index is 1.48. The summed E-state index contributed by atoms with van der Waals surface area (Å²) in [5.74, 6) is 1.51. The van der Waals surface area contributed by atoms with E-state index in [0.29, 0.717) is 19.4 Å². The van der Waals surface area contributed by atoms with Gasteiger partial charge in [0.15, 0.2) is 11.5 Å². The maximum absolute atomic E-state index is 11.8. The molecule has 1 aromatic heterocycles. The molecule has 3 rings (SSSR count). The minimum atomic E-state index is 0.0238. The molecule has 0 saturated heterocycles. The first-order chi connectivity index (χ1) is 9.81. The number of hydrogen-bond donors (Lipinski definition) is 1. The van der Waals surface area contributed by atoms with Gasteiger partial charge < -0.3 is 14.8 Å². The van der Waals surface area contributed by atoms with Crippen LogP contribution in [-0.4, -0.2) is 17.7 Å². The summed E-state index contributed by atoms with van der Waals surface area (Å²) in [7, 11) is 0. The second-order valence-electron chi connectivity index (χ2n) is 4.44. The topological polar surface area (TPSA) is 60.5 Å². The monoisotopic (exact) mass is 290 g/mol. The fourth-order valence-electron chi connectivity index (χ4n) is 1.94. The lowest BCUT2D eigenvalue weighted by Gasteiger charge is -2.05. The third kappa shape index (κ3) is 3.08. The van der Waals surface area contributed by atoms with E-state index in [-0.39, 0.29) is 12.7 Å². The van der Waals surface area contributed by atoms with Crippen molar-refractivity contribution in [3.63, 3.8) is 0 Å². The highest BCUT2D eigenvalue weighted by molar-refractivity contribution is 7.07. The third-order valence-electron chi connectivity index (χ3n) is 3.02. The van der Waals surface area contributed by atoms with Crippen molar-refractivity contribution in [3.05, 3.63) is 40.3 Å². The van der Waals surface area contributed by atoms with Crippen LogP contribution in [0.1, 0.15) is 17.7 Å². The molecule has 5 nitrogen and oxygen atoms in total. The average molecular weight is 290 g/mol. The van der Waals surface area contributed by atoms with Gasteiger partial charge in [-0.05, 0) is 24.1 Å². The molecule has 0 saturated carbocycles. The number of nitrogens with one attached hydrogen (secondary N) is 1. The van der Waals surface area contributed by atoms with E-state index in [0.717, 1.165) is 22.8 Å². The molecule has 0 bridgehead atoms. The summed E-state index contributed by atoms with van der Waals surface area (Å²) in [6.45, 7) is 0.755. The fraction of sp³-hybridized carbons (Fsp3) is 0.286. The number of benzene rings is 1. The third-order valence-corrected chi connectivity index (χ3v) is 3.65. The quantitative estimate of drug-likeness (QED) is 0.916. The number of nitrogens with zero attached hydrogens (tertiary/aromatic N) is 1. The Labute approximate surface area is 120 Å². The summed E-state index contributed by atoms with van der Waals surface area (Å²) in [6.07, 6.45) is 1.13. The van der Waals surface area contributed by atoms with Crippen molar-refractivity contribution < 1.29 is 14.3 Å². The van der Waals surface area contributed by atoms with Crippen LogP contribution in [0.4, 0.5) is 0 Å².